The number of rotatable bonds is 3. The molecule has 4 rings (SSSR count). The Bertz CT molecular complexity index is 1090. The van der Waals surface area contributed by atoms with Crippen molar-refractivity contribution in [2.75, 3.05) is 18.0 Å². The molecule has 1 aromatic carbocycles. The summed E-state index contributed by atoms with van der Waals surface area (Å²) in [5.74, 6) is 0.619. The van der Waals surface area contributed by atoms with Crippen LogP contribution in [0.4, 0.5) is 5.95 Å². The number of nitrogens with zero attached hydrogens (tertiary/aromatic N) is 4. The highest BCUT2D eigenvalue weighted by Gasteiger charge is 2.21. The van der Waals surface area contributed by atoms with Crippen molar-refractivity contribution in [3.05, 3.63) is 80.8 Å². The molecule has 0 radical (unpaired) electrons. The number of benzene rings is 1. The lowest BCUT2D eigenvalue weighted by molar-refractivity contribution is 0.727. The van der Waals surface area contributed by atoms with E-state index in [0.29, 0.717) is 28.2 Å². The number of pyridine rings is 1. The average molecular weight is 413 g/mol. The third-order valence-corrected chi connectivity index (χ3v) is 5.43. The second-order valence-corrected chi connectivity index (χ2v) is 7.43. The highest BCUT2D eigenvalue weighted by molar-refractivity contribution is 6.37. The Morgan fingerprint density at radius 1 is 1.07 bits per heavy atom. The van der Waals surface area contributed by atoms with E-state index in [4.69, 9.17) is 28.2 Å². The summed E-state index contributed by atoms with van der Waals surface area (Å²) in [6, 6.07) is 10.7. The van der Waals surface area contributed by atoms with Crippen molar-refractivity contribution in [2.24, 2.45) is 7.05 Å². The maximum Gasteiger partial charge on any atom is 0.255 e. The topological polar surface area (TPSA) is 51.0 Å². The lowest BCUT2D eigenvalue weighted by atomic mass is 10.0. The summed E-state index contributed by atoms with van der Waals surface area (Å²) < 4.78 is 1.57. The Hall–Kier alpha value is -2.63. The molecule has 0 fully saturated rings. The van der Waals surface area contributed by atoms with E-state index in [0.717, 1.165) is 29.7 Å². The molecule has 0 bridgehead atoms. The predicted molar refractivity (Wildman–Crippen MR) is 114 cm³/mol. The molecule has 7 heteroatoms. The predicted octanol–water partition coefficient (Wildman–Crippen LogP) is 4.44. The van der Waals surface area contributed by atoms with Gasteiger partial charge in [-0.3, -0.25) is 14.3 Å². The van der Waals surface area contributed by atoms with Crippen LogP contribution in [0.3, 0.4) is 0 Å². The highest BCUT2D eigenvalue weighted by atomic mass is 35.5. The zero-order valence-corrected chi connectivity index (χ0v) is 16.8. The van der Waals surface area contributed by atoms with Crippen molar-refractivity contribution in [3.63, 3.8) is 0 Å². The van der Waals surface area contributed by atoms with Gasteiger partial charge in [-0.15, -0.1) is 0 Å². The zero-order valence-electron chi connectivity index (χ0n) is 15.3. The summed E-state index contributed by atoms with van der Waals surface area (Å²) in [5.41, 5.74) is 3.25. The van der Waals surface area contributed by atoms with Crippen molar-refractivity contribution in [1.82, 2.24) is 14.5 Å². The first-order chi connectivity index (χ1) is 13.5. The molecule has 3 aromatic rings. The maximum atomic E-state index is 12.6. The van der Waals surface area contributed by atoms with Crippen LogP contribution in [0.1, 0.15) is 12.0 Å². The zero-order chi connectivity index (χ0) is 19.7. The van der Waals surface area contributed by atoms with Crippen LogP contribution in [0, 0.1) is 0 Å². The minimum atomic E-state index is -0.108. The highest BCUT2D eigenvalue weighted by Crippen LogP contribution is 2.34. The Morgan fingerprint density at radius 3 is 2.50 bits per heavy atom. The largest absolute Gasteiger partial charge is 0.338 e. The SMILES string of the molecule is Cn1c(N2CCC=C(c3c(Cl)cccc3Cl)C2)nc(-c2ccncc2)cc1=O. The van der Waals surface area contributed by atoms with Gasteiger partial charge in [0.25, 0.3) is 5.56 Å². The van der Waals surface area contributed by atoms with E-state index in [-0.39, 0.29) is 5.56 Å². The Morgan fingerprint density at radius 2 is 1.79 bits per heavy atom. The van der Waals surface area contributed by atoms with Gasteiger partial charge >= 0.3 is 0 Å². The first-order valence-corrected chi connectivity index (χ1v) is 9.67. The number of halogens is 2. The minimum absolute atomic E-state index is 0.108. The number of hydrogen-bond acceptors (Lipinski definition) is 4. The van der Waals surface area contributed by atoms with Crippen molar-refractivity contribution in [2.45, 2.75) is 6.42 Å². The van der Waals surface area contributed by atoms with Crippen LogP contribution in [0.25, 0.3) is 16.8 Å². The first-order valence-electron chi connectivity index (χ1n) is 8.91. The molecular weight excluding hydrogens is 395 g/mol. The van der Waals surface area contributed by atoms with Crippen LogP contribution in [0.2, 0.25) is 10.0 Å². The molecule has 0 aliphatic carbocycles. The fourth-order valence-electron chi connectivity index (χ4n) is 3.38. The van der Waals surface area contributed by atoms with E-state index < -0.39 is 0 Å². The molecule has 0 atom stereocenters. The smallest absolute Gasteiger partial charge is 0.255 e. The fraction of sp³-hybridized carbons (Fsp3) is 0.190. The van der Waals surface area contributed by atoms with Gasteiger partial charge in [0.05, 0.1) is 5.69 Å². The van der Waals surface area contributed by atoms with Crippen molar-refractivity contribution >= 4 is 34.7 Å². The third kappa shape index (κ3) is 3.55. The molecule has 3 heterocycles. The fourth-order valence-corrected chi connectivity index (χ4v) is 4.02. The Balaban J connectivity index is 1.73. The van der Waals surface area contributed by atoms with Crippen molar-refractivity contribution in [1.29, 1.82) is 0 Å². The van der Waals surface area contributed by atoms with Gasteiger partial charge < -0.3 is 4.90 Å². The van der Waals surface area contributed by atoms with Gasteiger partial charge in [0.2, 0.25) is 5.95 Å². The number of hydrogen-bond donors (Lipinski definition) is 0. The molecule has 0 N–H and O–H groups in total. The Labute approximate surface area is 172 Å². The maximum absolute atomic E-state index is 12.6. The monoisotopic (exact) mass is 412 g/mol. The molecule has 142 valence electrons. The summed E-state index contributed by atoms with van der Waals surface area (Å²) in [6.45, 7) is 1.33. The van der Waals surface area contributed by atoms with Crippen LogP contribution in [0.15, 0.2) is 59.7 Å². The second-order valence-electron chi connectivity index (χ2n) is 6.61. The molecule has 0 saturated carbocycles. The first kappa shape index (κ1) is 18.7. The molecule has 28 heavy (non-hydrogen) atoms. The molecular formula is C21H18Cl2N4O. The van der Waals surface area contributed by atoms with E-state index in [9.17, 15) is 4.79 Å². The van der Waals surface area contributed by atoms with Crippen molar-refractivity contribution in [3.8, 4) is 11.3 Å². The number of anilines is 1. The summed E-state index contributed by atoms with van der Waals surface area (Å²) in [7, 11) is 1.74. The van der Waals surface area contributed by atoms with Gasteiger partial charge in [0.15, 0.2) is 0 Å². The molecule has 0 amide bonds. The van der Waals surface area contributed by atoms with Gasteiger partial charge in [-0.25, -0.2) is 4.98 Å². The number of aromatic nitrogens is 3. The summed E-state index contributed by atoms with van der Waals surface area (Å²) >= 11 is 12.8. The van der Waals surface area contributed by atoms with Gasteiger partial charge in [0.1, 0.15) is 0 Å². The summed E-state index contributed by atoms with van der Waals surface area (Å²) in [6.07, 6.45) is 6.34. The standard InChI is InChI=1S/C21H18Cl2N4O/c1-26-19(28)12-18(14-7-9-24-10-8-14)25-21(26)27-11-3-4-15(13-27)20-16(22)5-2-6-17(20)23/h2,4-10,12H,3,11,13H2,1H3. The van der Waals surface area contributed by atoms with Crippen LogP contribution >= 0.6 is 23.2 Å². The lowest BCUT2D eigenvalue weighted by Gasteiger charge is -2.30. The second kappa shape index (κ2) is 7.78. The van der Waals surface area contributed by atoms with Crippen LogP contribution in [-0.2, 0) is 7.05 Å². The van der Waals surface area contributed by atoms with Crippen LogP contribution in [0.5, 0.6) is 0 Å². The van der Waals surface area contributed by atoms with Gasteiger partial charge in [0, 0.05) is 59.8 Å². The average Bonchev–Trinajstić information content (AvgIpc) is 2.71. The van der Waals surface area contributed by atoms with Gasteiger partial charge in [-0.2, -0.15) is 0 Å². The molecule has 1 aliphatic rings. The van der Waals surface area contributed by atoms with Gasteiger partial charge in [-0.1, -0.05) is 35.3 Å². The van der Waals surface area contributed by atoms with E-state index in [2.05, 4.69) is 16.0 Å². The normalized spacial score (nSPS) is 14.1. The van der Waals surface area contributed by atoms with Crippen LogP contribution < -0.4 is 10.5 Å². The third-order valence-electron chi connectivity index (χ3n) is 4.80. The molecule has 0 unspecified atom stereocenters. The molecule has 5 nitrogen and oxygen atoms in total. The van der Waals surface area contributed by atoms with E-state index in [1.807, 2.05) is 30.3 Å². The van der Waals surface area contributed by atoms with Gasteiger partial charge in [-0.05, 0) is 36.3 Å². The molecule has 1 aliphatic heterocycles. The molecule has 2 aromatic heterocycles. The summed E-state index contributed by atoms with van der Waals surface area (Å²) in [4.78, 5) is 23.4. The van der Waals surface area contributed by atoms with Crippen molar-refractivity contribution < 1.29 is 0 Å². The Kier molecular flexibility index (Phi) is 5.20. The lowest BCUT2D eigenvalue weighted by Crippen LogP contribution is -2.35. The quantitative estimate of drug-likeness (QED) is 0.637. The van der Waals surface area contributed by atoms with E-state index in [1.54, 1.807) is 30.1 Å². The summed E-state index contributed by atoms with van der Waals surface area (Å²) in [5, 5.41) is 1.24. The van der Waals surface area contributed by atoms with Crippen LogP contribution in [-0.4, -0.2) is 27.6 Å². The van der Waals surface area contributed by atoms with E-state index >= 15 is 0 Å². The van der Waals surface area contributed by atoms with E-state index in [1.165, 1.54) is 0 Å². The minimum Gasteiger partial charge on any atom is -0.338 e. The molecule has 0 saturated heterocycles. The molecule has 0 spiro atoms.